The van der Waals surface area contributed by atoms with Gasteiger partial charge in [-0.2, -0.15) is 8.78 Å². The normalized spacial score (nSPS) is 22.8. The molecule has 0 N–H and O–H groups in total. The first-order valence-electron chi connectivity index (χ1n) is 13.3. The number of benzene rings is 2. The number of alkyl halides is 2. The lowest BCUT2D eigenvalue weighted by molar-refractivity contribution is -0.223. The first-order valence-corrected chi connectivity index (χ1v) is 13.3. The molecule has 1 fully saturated rings. The maximum atomic E-state index is 15.0. The van der Waals surface area contributed by atoms with Gasteiger partial charge in [0.15, 0.2) is 17.5 Å². The van der Waals surface area contributed by atoms with Crippen LogP contribution in [-0.2, 0) is 0 Å². The van der Waals surface area contributed by atoms with Crippen LogP contribution in [0.5, 0.6) is 5.75 Å². The molecule has 1 saturated carbocycles. The minimum atomic E-state index is -3.30. The highest BCUT2D eigenvalue weighted by molar-refractivity contribution is 5.64. The Balaban J connectivity index is 1.30. The number of hydrogen-bond acceptors (Lipinski definition) is 1. The molecule has 0 amide bonds. The summed E-state index contributed by atoms with van der Waals surface area (Å²) in [5, 5.41) is 0. The van der Waals surface area contributed by atoms with Gasteiger partial charge in [0, 0.05) is 0 Å². The zero-order chi connectivity index (χ0) is 25.7. The second kappa shape index (κ2) is 11.8. The molecule has 2 aliphatic rings. The molecule has 2 aromatic rings. The second-order valence-corrected chi connectivity index (χ2v) is 10.4. The van der Waals surface area contributed by atoms with Gasteiger partial charge in [0.05, 0.1) is 5.92 Å². The van der Waals surface area contributed by atoms with Gasteiger partial charge in [0.1, 0.15) is 5.75 Å². The quantitative estimate of drug-likeness (QED) is 0.142. The maximum absolute atomic E-state index is 15.0. The van der Waals surface area contributed by atoms with Gasteiger partial charge in [-0.15, -0.1) is 0 Å². The number of ether oxygens (including phenoxy) is 1. The summed E-state index contributed by atoms with van der Waals surface area (Å²) in [6.07, 6.45) is 10.0. The second-order valence-electron chi connectivity index (χ2n) is 10.4. The molecule has 0 aliphatic heterocycles. The fraction of sp³-hybridized carbons (Fsp3) is 0.533. The molecule has 0 saturated heterocycles. The molecule has 0 bridgehead atoms. The summed E-state index contributed by atoms with van der Waals surface area (Å²) < 4.78 is 75.2. The van der Waals surface area contributed by atoms with Crippen molar-refractivity contribution in [2.75, 3.05) is 0 Å². The van der Waals surface area contributed by atoms with E-state index >= 15 is 0 Å². The van der Waals surface area contributed by atoms with Crippen LogP contribution in [0.25, 0.3) is 11.1 Å². The number of unbranched alkanes of at least 4 members (excludes halogenated alkanes) is 2. The molecule has 36 heavy (non-hydrogen) atoms. The molecular weight excluding hydrogens is 471 g/mol. The molecule has 196 valence electrons. The molecule has 2 aromatic carbocycles. The van der Waals surface area contributed by atoms with E-state index in [1.54, 1.807) is 0 Å². The van der Waals surface area contributed by atoms with Crippen molar-refractivity contribution in [2.45, 2.75) is 83.7 Å². The first-order chi connectivity index (χ1) is 17.3. The SMILES string of the molecule is CCCCCC1CC=C(C2CCC(C(F)(F)Oc3ccc(-c4cc(F)c(F)c(F)c4)cc3)CC2)CC1. The van der Waals surface area contributed by atoms with Gasteiger partial charge in [-0.05, 0) is 92.2 Å². The number of hydrogen-bond donors (Lipinski definition) is 0. The highest BCUT2D eigenvalue weighted by Crippen LogP contribution is 2.44. The lowest BCUT2D eigenvalue weighted by atomic mass is 9.73. The summed E-state index contributed by atoms with van der Waals surface area (Å²) in [5.41, 5.74) is 1.96. The third kappa shape index (κ3) is 6.49. The molecule has 1 atom stereocenters. The largest absolute Gasteiger partial charge is 0.432 e. The molecule has 0 heterocycles. The fourth-order valence-corrected chi connectivity index (χ4v) is 5.70. The third-order valence-corrected chi connectivity index (χ3v) is 7.92. The summed E-state index contributed by atoms with van der Waals surface area (Å²) in [6, 6.07) is 7.29. The van der Waals surface area contributed by atoms with Crippen LogP contribution < -0.4 is 4.74 Å². The number of rotatable bonds is 9. The standard InChI is InChI=1S/C30H35F5O/c1-2-3-4-5-20-6-8-21(9-7-20)22-10-14-25(15-11-22)30(34,35)36-26-16-12-23(13-17-26)24-18-27(31)29(33)28(32)19-24/h8,12-13,16-20,22,25H,2-7,9-11,14-15H2,1H3. The predicted molar refractivity (Wildman–Crippen MR) is 132 cm³/mol. The van der Waals surface area contributed by atoms with Crippen LogP contribution in [0.2, 0.25) is 0 Å². The molecule has 0 spiro atoms. The number of halogens is 5. The minimum absolute atomic E-state index is 0.0157. The topological polar surface area (TPSA) is 9.23 Å². The Morgan fingerprint density at radius 1 is 0.861 bits per heavy atom. The first kappa shape index (κ1) is 26.7. The van der Waals surface area contributed by atoms with E-state index in [4.69, 9.17) is 4.74 Å². The van der Waals surface area contributed by atoms with Crippen molar-refractivity contribution in [3.05, 3.63) is 65.5 Å². The molecule has 0 aromatic heterocycles. The Bertz CT molecular complexity index is 1010. The average molecular weight is 507 g/mol. The summed E-state index contributed by atoms with van der Waals surface area (Å²) in [6.45, 7) is 2.22. The van der Waals surface area contributed by atoms with E-state index in [-0.39, 0.29) is 11.3 Å². The Morgan fingerprint density at radius 2 is 1.53 bits per heavy atom. The van der Waals surface area contributed by atoms with E-state index in [1.807, 2.05) is 0 Å². The van der Waals surface area contributed by atoms with E-state index in [9.17, 15) is 22.0 Å². The van der Waals surface area contributed by atoms with E-state index < -0.39 is 29.5 Å². The maximum Gasteiger partial charge on any atom is 0.400 e. The average Bonchev–Trinajstić information content (AvgIpc) is 2.88. The van der Waals surface area contributed by atoms with Crippen molar-refractivity contribution in [1.82, 2.24) is 0 Å². The lowest BCUT2D eigenvalue weighted by Gasteiger charge is -2.35. The Hall–Kier alpha value is -2.37. The monoisotopic (exact) mass is 506 g/mol. The molecule has 1 unspecified atom stereocenters. The van der Waals surface area contributed by atoms with Crippen LogP contribution in [0, 0.1) is 35.2 Å². The van der Waals surface area contributed by atoms with Crippen molar-refractivity contribution >= 4 is 0 Å². The van der Waals surface area contributed by atoms with Crippen molar-refractivity contribution in [1.29, 1.82) is 0 Å². The Morgan fingerprint density at radius 3 is 2.11 bits per heavy atom. The zero-order valence-electron chi connectivity index (χ0n) is 20.8. The van der Waals surface area contributed by atoms with Gasteiger partial charge in [-0.1, -0.05) is 56.4 Å². The molecule has 1 nitrogen and oxygen atoms in total. The lowest BCUT2D eigenvalue weighted by Crippen LogP contribution is -2.37. The van der Waals surface area contributed by atoms with E-state index in [2.05, 4.69) is 13.0 Å². The van der Waals surface area contributed by atoms with Crippen molar-refractivity contribution in [3.63, 3.8) is 0 Å². The van der Waals surface area contributed by atoms with Gasteiger partial charge >= 0.3 is 6.11 Å². The summed E-state index contributed by atoms with van der Waals surface area (Å²) in [5.74, 6) is -3.82. The summed E-state index contributed by atoms with van der Waals surface area (Å²) >= 11 is 0. The van der Waals surface area contributed by atoms with Crippen molar-refractivity contribution in [3.8, 4) is 16.9 Å². The summed E-state index contributed by atoms with van der Waals surface area (Å²) in [7, 11) is 0. The third-order valence-electron chi connectivity index (χ3n) is 7.92. The van der Waals surface area contributed by atoms with Gasteiger partial charge in [0.25, 0.3) is 0 Å². The van der Waals surface area contributed by atoms with Crippen LogP contribution in [0.15, 0.2) is 48.0 Å². The Labute approximate surface area is 210 Å². The van der Waals surface area contributed by atoms with Gasteiger partial charge in [-0.25, -0.2) is 13.2 Å². The highest BCUT2D eigenvalue weighted by atomic mass is 19.3. The molecular formula is C30H35F5O. The van der Waals surface area contributed by atoms with Crippen LogP contribution in [0.4, 0.5) is 22.0 Å². The van der Waals surface area contributed by atoms with E-state index in [0.717, 1.165) is 43.7 Å². The van der Waals surface area contributed by atoms with Gasteiger partial charge < -0.3 is 4.74 Å². The fourth-order valence-electron chi connectivity index (χ4n) is 5.70. The predicted octanol–water partition coefficient (Wildman–Crippen LogP) is 9.86. The molecule has 4 rings (SSSR count). The molecule has 0 radical (unpaired) electrons. The van der Waals surface area contributed by atoms with Crippen LogP contribution in [0.3, 0.4) is 0 Å². The minimum Gasteiger partial charge on any atom is -0.432 e. The van der Waals surface area contributed by atoms with Crippen molar-refractivity contribution in [2.24, 2.45) is 17.8 Å². The highest BCUT2D eigenvalue weighted by Gasteiger charge is 2.44. The molecule has 6 heteroatoms. The van der Waals surface area contributed by atoms with Crippen LogP contribution >= 0.6 is 0 Å². The Kier molecular flexibility index (Phi) is 8.74. The van der Waals surface area contributed by atoms with E-state index in [1.165, 1.54) is 61.9 Å². The smallest absolute Gasteiger partial charge is 0.400 e. The molecule has 2 aliphatic carbocycles. The summed E-state index contributed by atoms with van der Waals surface area (Å²) in [4.78, 5) is 0. The van der Waals surface area contributed by atoms with Crippen molar-refractivity contribution < 1.29 is 26.7 Å². The zero-order valence-corrected chi connectivity index (χ0v) is 20.8. The van der Waals surface area contributed by atoms with Crippen LogP contribution in [0.1, 0.15) is 77.6 Å². The van der Waals surface area contributed by atoms with Gasteiger partial charge in [0.2, 0.25) is 0 Å². The number of allylic oxidation sites excluding steroid dienone is 2. The van der Waals surface area contributed by atoms with E-state index in [0.29, 0.717) is 24.3 Å². The van der Waals surface area contributed by atoms with Crippen LogP contribution in [-0.4, -0.2) is 6.11 Å². The van der Waals surface area contributed by atoms with Gasteiger partial charge in [-0.3, -0.25) is 0 Å².